The molecule has 0 aromatic heterocycles. The highest BCUT2D eigenvalue weighted by Gasteiger charge is 2.11. The van der Waals surface area contributed by atoms with Crippen LogP contribution in [0.4, 0.5) is 0 Å². The fourth-order valence-corrected chi connectivity index (χ4v) is 1.44. The third-order valence-electron chi connectivity index (χ3n) is 1.55. The van der Waals surface area contributed by atoms with Crippen LogP contribution in [0.2, 0.25) is 11.1 Å². The minimum atomic E-state index is 1.05. The molecule has 0 bridgehead atoms. The summed E-state index contributed by atoms with van der Waals surface area (Å²) in [6.45, 7) is 0. The lowest BCUT2D eigenvalue weighted by molar-refractivity contribution is 0.948. The lowest BCUT2D eigenvalue weighted by atomic mass is 10.1. The van der Waals surface area contributed by atoms with E-state index in [2.05, 4.69) is 12.2 Å². The molecule has 0 aliphatic heterocycles. The standard InChI is InChI=1S/C4H10Si2/c5-3-1-2-4(3)6/h1-4H,5-6H3. The van der Waals surface area contributed by atoms with Crippen LogP contribution in [0, 0.1) is 0 Å². The summed E-state index contributed by atoms with van der Waals surface area (Å²) in [5.41, 5.74) is 2.10. The summed E-state index contributed by atoms with van der Waals surface area (Å²) in [6, 6.07) is 0. The van der Waals surface area contributed by atoms with Crippen LogP contribution in [0.15, 0.2) is 12.2 Å². The van der Waals surface area contributed by atoms with Crippen LogP contribution in [0.3, 0.4) is 0 Å². The molecule has 34 valence electrons. The molecule has 6 heavy (non-hydrogen) atoms. The van der Waals surface area contributed by atoms with Gasteiger partial charge in [0.05, 0.1) is 0 Å². The van der Waals surface area contributed by atoms with Gasteiger partial charge in [-0.2, -0.15) is 0 Å². The van der Waals surface area contributed by atoms with Gasteiger partial charge in [0.2, 0.25) is 0 Å². The monoisotopic (exact) mass is 114 g/mol. The molecule has 2 atom stereocenters. The predicted octanol–water partition coefficient (Wildman–Crippen LogP) is -1.14. The van der Waals surface area contributed by atoms with E-state index in [1.807, 2.05) is 0 Å². The van der Waals surface area contributed by atoms with Gasteiger partial charge < -0.3 is 0 Å². The Balaban J connectivity index is 2.45. The topological polar surface area (TPSA) is 0 Å². The second-order valence-corrected chi connectivity index (χ2v) is 4.77. The Morgan fingerprint density at radius 1 is 1.00 bits per heavy atom. The SMILES string of the molecule is [SiH3]C1C=CC1[SiH3]. The van der Waals surface area contributed by atoms with E-state index in [4.69, 9.17) is 0 Å². The Morgan fingerprint density at radius 2 is 1.33 bits per heavy atom. The first-order valence-electron chi connectivity index (χ1n) is 2.49. The highest BCUT2D eigenvalue weighted by Crippen LogP contribution is 2.29. The first-order chi connectivity index (χ1) is 2.80. The van der Waals surface area contributed by atoms with Crippen LogP contribution in [-0.2, 0) is 0 Å². The molecule has 1 aliphatic rings. The van der Waals surface area contributed by atoms with Crippen LogP contribution < -0.4 is 0 Å². The van der Waals surface area contributed by atoms with Crippen molar-refractivity contribution in [2.75, 3.05) is 0 Å². The van der Waals surface area contributed by atoms with Gasteiger partial charge in [-0.25, -0.2) is 0 Å². The molecular formula is C4H10Si2. The first-order valence-corrected chi connectivity index (χ1v) is 4.80. The van der Waals surface area contributed by atoms with Crippen molar-refractivity contribution < 1.29 is 0 Å². The van der Waals surface area contributed by atoms with E-state index < -0.39 is 0 Å². The molecule has 0 amide bonds. The Bertz CT molecular complexity index is 67.6. The fraction of sp³-hybridized carbons (Fsp3) is 0.500. The molecule has 2 unspecified atom stereocenters. The summed E-state index contributed by atoms with van der Waals surface area (Å²) in [5.74, 6) is 0. The molecular weight excluding hydrogens is 104 g/mol. The van der Waals surface area contributed by atoms with Crippen molar-refractivity contribution in [1.29, 1.82) is 0 Å². The summed E-state index contributed by atoms with van der Waals surface area (Å²) >= 11 is 0. The largest absolute Gasteiger partial charge is 0.0888 e. The van der Waals surface area contributed by atoms with Crippen LogP contribution in [-0.4, -0.2) is 20.5 Å². The minimum absolute atomic E-state index is 1.05. The zero-order valence-electron chi connectivity index (χ0n) is 4.31. The highest BCUT2D eigenvalue weighted by molar-refractivity contribution is 6.24. The van der Waals surface area contributed by atoms with Gasteiger partial charge in [0.25, 0.3) is 0 Å². The van der Waals surface area contributed by atoms with E-state index in [1.165, 1.54) is 20.5 Å². The first kappa shape index (κ1) is 4.34. The quantitative estimate of drug-likeness (QED) is 0.276. The normalized spacial score (nSPS) is 43.3. The molecule has 0 N–H and O–H groups in total. The van der Waals surface area contributed by atoms with Gasteiger partial charge in [0.1, 0.15) is 0 Å². The van der Waals surface area contributed by atoms with Gasteiger partial charge in [-0.3, -0.25) is 0 Å². The Labute approximate surface area is 44.5 Å². The van der Waals surface area contributed by atoms with Crippen molar-refractivity contribution in [2.24, 2.45) is 0 Å². The Morgan fingerprint density at radius 3 is 1.33 bits per heavy atom. The second kappa shape index (κ2) is 1.35. The average molecular weight is 114 g/mol. The van der Waals surface area contributed by atoms with Crippen molar-refractivity contribution in [1.82, 2.24) is 0 Å². The zero-order chi connectivity index (χ0) is 4.57. The van der Waals surface area contributed by atoms with Gasteiger partial charge in [-0.05, 0) is 11.1 Å². The summed E-state index contributed by atoms with van der Waals surface area (Å²) in [4.78, 5) is 0. The van der Waals surface area contributed by atoms with Crippen LogP contribution in [0.1, 0.15) is 0 Å². The van der Waals surface area contributed by atoms with Crippen molar-refractivity contribution in [3.63, 3.8) is 0 Å². The van der Waals surface area contributed by atoms with Crippen LogP contribution >= 0.6 is 0 Å². The third kappa shape index (κ3) is 0.500. The summed E-state index contributed by atoms with van der Waals surface area (Å²) in [7, 11) is 2.78. The van der Waals surface area contributed by atoms with Crippen molar-refractivity contribution >= 4 is 20.5 Å². The molecule has 0 nitrogen and oxygen atoms in total. The van der Waals surface area contributed by atoms with E-state index in [0.717, 1.165) is 11.1 Å². The maximum Gasteiger partial charge on any atom is 0.0118 e. The lowest BCUT2D eigenvalue weighted by Crippen LogP contribution is -2.05. The van der Waals surface area contributed by atoms with Gasteiger partial charge in [0, 0.05) is 20.5 Å². The number of allylic oxidation sites excluding steroid dienone is 2. The Kier molecular flexibility index (Phi) is 0.975. The fourth-order valence-electron chi connectivity index (χ4n) is 0.556. The van der Waals surface area contributed by atoms with E-state index in [0.29, 0.717) is 0 Å². The molecule has 0 aromatic rings. The van der Waals surface area contributed by atoms with Crippen LogP contribution in [0.5, 0.6) is 0 Å². The summed E-state index contributed by atoms with van der Waals surface area (Å²) in [6.07, 6.45) is 4.67. The molecule has 0 saturated carbocycles. The molecule has 2 heteroatoms. The smallest absolute Gasteiger partial charge is 0.0118 e. The molecule has 0 fully saturated rings. The zero-order valence-corrected chi connectivity index (χ0v) is 8.31. The number of hydrogen-bond donors (Lipinski definition) is 0. The molecule has 1 rings (SSSR count). The second-order valence-electron chi connectivity index (χ2n) is 2.10. The average Bonchev–Trinajstić information content (AvgIpc) is 1.61. The third-order valence-corrected chi connectivity index (χ3v) is 5.75. The van der Waals surface area contributed by atoms with Crippen molar-refractivity contribution in [3.8, 4) is 0 Å². The molecule has 0 radical (unpaired) electrons. The summed E-state index contributed by atoms with van der Waals surface area (Å²) in [5, 5.41) is 0. The summed E-state index contributed by atoms with van der Waals surface area (Å²) < 4.78 is 0. The molecule has 0 saturated heterocycles. The van der Waals surface area contributed by atoms with E-state index in [9.17, 15) is 0 Å². The lowest BCUT2D eigenvalue weighted by Gasteiger charge is -2.20. The molecule has 0 heterocycles. The van der Waals surface area contributed by atoms with Crippen LogP contribution in [0.25, 0.3) is 0 Å². The van der Waals surface area contributed by atoms with Crippen molar-refractivity contribution in [3.05, 3.63) is 12.2 Å². The van der Waals surface area contributed by atoms with E-state index in [1.54, 1.807) is 0 Å². The van der Waals surface area contributed by atoms with Crippen molar-refractivity contribution in [2.45, 2.75) is 11.1 Å². The predicted molar refractivity (Wildman–Crippen MR) is 36.5 cm³/mol. The van der Waals surface area contributed by atoms with Gasteiger partial charge in [-0.1, -0.05) is 12.2 Å². The Hall–Kier alpha value is 0.174. The van der Waals surface area contributed by atoms with E-state index in [-0.39, 0.29) is 0 Å². The van der Waals surface area contributed by atoms with E-state index >= 15 is 0 Å². The highest BCUT2D eigenvalue weighted by atomic mass is 28.2. The van der Waals surface area contributed by atoms with Gasteiger partial charge in [-0.15, -0.1) is 0 Å². The molecule has 0 spiro atoms. The maximum absolute atomic E-state index is 2.34. The number of rotatable bonds is 0. The van der Waals surface area contributed by atoms with Gasteiger partial charge >= 0.3 is 0 Å². The minimum Gasteiger partial charge on any atom is -0.0888 e. The maximum atomic E-state index is 2.34. The number of hydrogen-bond acceptors (Lipinski definition) is 0. The van der Waals surface area contributed by atoms with Gasteiger partial charge in [0.15, 0.2) is 0 Å². The molecule has 1 aliphatic carbocycles. The molecule has 0 aromatic carbocycles.